The van der Waals surface area contributed by atoms with E-state index in [1.807, 2.05) is 121 Å². The van der Waals surface area contributed by atoms with Crippen LogP contribution >= 0.6 is 0 Å². The number of nitrogens with one attached hydrogen (secondary N) is 2. The van der Waals surface area contributed by atoms with Crippen molar-refractivity contribution in [3.8, 4) is 0 Å². The minimum atomic E-state index is -2.96. The van der Waals surface area contributed by atoms with Gasteiger partial charge in [0.25, 0.3) is 5.79 Å². The molecule has 29 nitrogen and oxygen atoms in total. The smallest absolute Gasteiger partial charge is 0.366 e. The van der Waals surface area contributed by atoms with Crippen molar-refractivity contribution in [3.05, 3.63) is 179 Å². The molecule has 0 saturated carbocycles. The van der Waals surface area contributed by atoms with Crippen LogP contribution in [0.1, 0.15) is 75.8 Å². The Kier molecular flexibility index (Phi) is 29.5. The van der Waals surface area contributed by atoms with Gasteiger partial charge in [0.1, 0.15) is 86.1 Å². The van der Waals surface area contributed by atoms with Gasteiger partial charge in [0, 0.05) is 41.5 Å². The zero-order valence-electron chi connectivity index (χ0n) is 58.2. The number of aliphatic hydroxyl groups is 2. The number of hydrogen-bond donors (Lipinski definition) is 5. The molecule has 9 rings (SSSR count). The molecule has 0 unspecified atom stereocenters. The maximum absolute atomic E-state index is 14.9. The molecule has 5 aromatic rings. The predicted octanol–water partition coefficient (Wildman–Crippen LogP) is 3.84. The number of amides is 2. The van der Waals surface area contributed by atoms with Crippen LogP contribution in [0.3, 0.4) is 0 Å². The Hall–Kier alpha value is -8.21. The van der Waals surface area contributed by atoms with Gasteiger partial charge in [-0.3, -0.25) is 28.8 Å². The number of methoxy groups -OCH3 is 1. The van der Waals surface area contributed by atoms with E-state index in [4.69, 9.17) is 86.3 Å². The molecule has 4 saturated heterocycles. The van der Waals surface area contributed by atoms with Crippen LogP contribution in [-0.4, -0.2) is 208 Å². The molecule has 0 aliphatic carbocycles. The Bertz CT molecular complexity index is 3500. The molecule has 103 heavy (non-hydrogen) atoms. The Morgan fingerprint density at radius 2 is 1.00 bits per heavy atom. The number of carbonyl (C=O) groups excluding carboxylic acids is 7. The third-order valence-corrected chi connectivity index (χ3v) is 17.2. The molecule has 6 N–H and O–H groups in total. The molecule has 2 amide bonds. The fraction of sp³-hybridized carbons (Fsp3) is 0.500. The summed E-state index contributed by atoms with van der Waals surface area (Å²) in [5.74, 6) is -9.55. The minimum Gasteiger partial charge on any atom is -0.465 e. The second-order valence-corrected chi connectivity index (χ2v) is 25.2. The number of carbonyl (C=O) groups is 7. The van der Waals surface area contributed by atoms with Gasteiger partial charge in [-0.15, -0.1) is 0 Å². The highest BCUT2D eigenvalue weighted by Gasteiger charge is 2.63. The summed E-state index contributed by atoms with van der Waals surface area (Å²) in [5.41, 5.74) is 10.9. The van der Waals surface area contributed by atoms with Crippen LogP contribution in [-0.2, 0) is 147 Å². The van der Waals surface area contributed by atoms with Crippen molar-refractivity contribution in [2.24, 2.45) is 5.73 Å². The number of benzene rings is 5. The maximum Gasteiger partial charge on any atom is 0.366 e. The maximum atomic E-state index is 14.9. The van der Waals surface area contributed by atoms with Crippen LogP contribution in [0.15, 0.2) is 152 Å². The van der Waals surface area contributed by atoms with Crippen molar-refractivity contribution < 1.29 is 124 Å². The second kappa shape index (κ2) is 38.5. The molecular formula is C74H91N3O26. The first kappa shape index (κ1) is 78.9. The number of nitrogens with two attached hydrogens (primary N) is 1. The van der Waals surface area contributed by atoms with Crippen LogP contribution in [0.2, 0.25) is 0 Å². The minimum absolute atomic E-state index is 0.0154. The standard InChI is InChI=1S/C74H91N3O26/c1-43(78)76-59-54(95-46(4)81)33-74(73(86)87-7,103-68(59)66(97-48(6)83)58(96-47(5)82)42-90-45(3)80)102-63-56(39-88-34-49-23-13-8-14-24-49)99-71(62(85)61(63)84)100-65-57(40-89-35-50-25-15-9-16-26-50)98-70(75)60(77-44(2)79)67(65)101-72-69(93-38-53-31-21-12-22-32-53)64(92-37-52-29-19-11-20-30-52)55(41-94-72)91-36-51-27-17-10-18-28-51/h8-32,54-72,84-85H,33-42,75H2,1-7H3,(H,76,78)(H,77,79)/t54-,55+,56+,57+,58+,59+,60+,61+,62+,63-,64+,65+,66+,67+,68+,69-,70+,71-,72-,74+/m0/s1. The third-order valence-electron chi connectivity index (χ3n) is 17.2. The van der Waals surface area contributed by atoms with Crippen molar-refractivity contribution in [1.29, 1.82) is 0 Å². The molecular weight excluding hydrogens is 1350 g/mol. The normalized spacial score (nSPS) is 29.0. The van der Waals surface area contributed by atoms with E-state index in [2.05, 4.69) is 10.6 Å². The fourth-order valence-corrected chi connectivity index (χ4v) is 12.6. The lowest BCUT2D eigenvalue weighted by molar-refractivity contribution is -0.385. The van der Waals surface area contributed by atoms with Crippen LogP contribution in [0.25, 0.3) is 0 Å². The Balaban J connectivity index is 1.13. The van der Waals surface area contributed by atoms with E-state index in [1.165, 1.54) is 6.92 Å². The van der Waals surface area contributed by atoms with Gasteiger partial charge in [-0.1, -0.05) is 152 Å². The molecule has 5 aromatic carbocycles. The van der Waals surface area contributed by atoms with Crippen molar-refractivity contribution in [2.45, 2.75) is 203 Å². The summed E-state index contributed by atoms with van der Waals surface area (Å²) in [6.45, 7) is 4.86. The first-order valence-corrected chi connectivity index (χ1v) is 33.8. The molecule has 558 valence electrons. The summed E-state index contributed by atoms with van der Waals surface area (Å²) >= 11 is 0. The zero-order valence-corrected chi connectivity index (χ0v) is 58.2. The molecule has 0 spiro atoms. The van der Waals surface area contributed by atoms with Crippen LogP contribution in [0.4, 0.5) is 0 Å². The van der Waals surface area contributed by atoms with E-state index < -0.39 is 183 Å². The summed E-state index contributed by atoms with van der Waals surface area (Å²) in [4.78, 5) is 93.1. The summed E-state index contributed by atoms with van der Waals surface area (Å²) in [6, 6.07) is 43.5. The Morgan fingerprint density at radius 3 is 1.49 bits per heavy atom. The van der Waals surface area contributed by atoms with Crippen molar-refractivity contribution in [3.63, 3.8) is 0 Å². The van der Waals surface area contributed by atoms with Crippen molar-refractivity contribution in [1.82, 2.24) is 10.6 Å². The van der Waals surface area contributed by atoms with Gasteiger partial charge in [0.2, 0.25) is 11.8 Å². The molecule has 4 aliphatic rings. The van der Waals surface area contributed by atoms with E-state index in [0.717, 1.165) is 64.0 Å². The fourth-order valence-electron chi connectivity index (χ4n) is 12.6. The van der Waals surface area contributed by atoms with Crippen LogP contribution in [0.5, 0.6) is 0 Å². The second-order valence-electron chi connectivity index (χ2n) is 25.2. The van der Waals surface area contributed by atoms with Gasteiger partial charge < -0.3 is 107 Å². The average molecular weight is 1440 g/mol. The van der Waals surface area contributed by atoms with Gasteiger partial charge in [-0.25, -0.2) is 4.79 Å². The summed E-state index contributed by atoms with van der Waals surface area (Å²) in [7, 11) is 0.947. The van der Waals surface area contributed by atoms with E-state index in [0.29, 0.717) is 5.56 Å². The number of hydrogen-bond acceptors (Lipinski definition) is 27. The molecule has 20 atom stereocenters. The SMILES string of the molecule is COC(=O)[C@@]1(O[C@@H]2[C@H](O)[C@@H](O)[C@H](O[C@H]3[C@H](O[C@@H]4OC[C@@H](OCc5ccccc5)[C@@H](OCc5ccccc5)[C@@H]4OCc4ccccc4)[C@@H](NC(C)=O)[C@H](N)O[C@@H]3COCc3ccccc3)O[C@@H]2COCc2ccccc2)C[C@H](OC(C)=O)[C@@H](NC(C)=O)[C@H]([C@H](OC(C)=O)[C@@H](COC(C)=O)OC(C)=O)O1. The number of esters is 5. The van der Waals surface area contributed by atoms with Crippen molar-refractivity contribution in [2.75, 3.05) is 33.5 Å². The predicted molar refractivity (Wildman–Crippen MR) is 358 cm³/mol. The zero-order chi connectivity index (χ0) is 73.6. The first-order valence-electron chi connectivity index (χ1n) is 33.8. The number of aliphatic hydroxyl groups excluding tert-OH is 2. The van der Waals surface area contributed by atoms with E-state index in [9.17, 15) is 43.8 Å². The van der Waals surface area contributed by atoms with Crippen molar-refractivity contribution >= 4 is 41.7 Å². The number of ether oxygens (including phenoxy) is 17. The van der Waals surface area contributed by atoms with Gasteiger partial charge in [0.15, 0.2) is 24.8 Å². The monoisotopic (exact) mass is 1440 g/mol. The molecule has 0 bridgehead atoms. The highest BCUT2D eigenvalue weighted by molar-refractivity contribution is 5.79. The number of rotatable bonds is 33. The van der Waals surface area contributed by atoms with Gasteiger partial charge in [-0.2, -0.15) is 0 Å². The summed E-state index contributed by atoms with van der Waals surface area (Å²) in [5, 5.41) is 31.2. The quantitative estimate of drug-likeness (QED) is 0.0294. The molecule has 4 heterocycles. The van der Waals surface area contributed by atoms with Crippen LogP contribution in [0, 0.1) is 0 Å². The van der Waals surface area contributed by atoms with E-state index in [1.54, 1.807) is 30.3 Å². The lowest BCUT2D eigenvalue weighted by atomic mass is 9.87. The highest BCUT2D eigenvalue weighted by Crippen LogP contribution is 2.42. The van der Waals surface area contributed by atoms with Gasteiger partial charge in [-0.05, 0) is 27.8 Å². The Morgan fingerprint density at radius 1 is 0.524 bits per heavy atom. The lowest BCUT2D eigenvalue weighted by Crippen LogP contribution is -2.72. The van der Waals surface area contributed by atoms with E-state index in [-0.39, 0.29) is 46.2 Å². The van der Waals surface area contributed by atoms with Gasteiger partial charge in [0.05, 0.1) is 78.5 Å². The summed E-state index contributed by atoms with van der Waals surface area (Å²) < 4.78 is 108. The molecule has 29 heteroatoms. The average Bonchev–Trinajstić information content (AvgIpc) is 0.748. The first-order chi connectivity index (χ1) is 49.6. The van der Waals surface area contributed by atoms with Crippen LogP contribution < -0.4 is 16.4 Å². The topological polar surface area (TPSA) is 367 Å². The largest absolute Gasteiger partial charge is 0.465 e. The highest BCUT2D eigenvalue weighted by atomic mass is 16.8. The Labute approximate surface area is 596 Å². The lowest BCUT2D eigenvalue weighted by Gasteiger charge is -2.52. The molecule has 0 radical (unpaired) electrons. The molecule has 4 fully saturated rings. The molecule has 0 aromatic heterocycles. The summed E-state index contributed by atoms with van der Waals surface area (Å²) in [6.07, 6.45) is -28.3. The van der Waals surface area contributed by atoms with Gasteiger partial charge >= 0.3 is 29.8 Å². The molecule has 4 aliphatic heterocycles. The third kappa shape index (κ3) is 22.4. The van der Waals surface area contributed by atoms with E-state index >= 15 is 0 Å².